The zero-order chi connectivity index (χ0) is 17.4. The van der Waals surface area contributed by atoms with E-state index in [9.17, 15) is 14.4 Å². The lowest BCUT2D eigenvalue weighted by molar-refractivity contribution is -0.135. The lowest BCUT2D eigenvalue weighted by atomic mass is 10.3. The lowest BCUT2D eigenvalue weighted by Crippen LogP contribution is -2.37. The van der Waals surface area contributed by atoms with E-state index in [-0.39, 0.29) is 17.7 Å². The number of benzene rings is 1. The molecular weight excluding hydrogens is 336 g/mol. The van der Waals surface area contributed by atoms with Crippen molar-refractivity contribution in [3.63, 3.8) is 0 Å². The molecule has 0 aliphatic heterocycles. The van der Waals surface area contributed by atoms with E-state index in [4.69, 9.17) is 16.3 Å². The van der Waals surface area contributed by atoms with Gasteiger partial charge in [-0.15, -0.1) is 0 Å². The molecule has 0 saturated carbocycles. The highest BCUT2D eigenvalue weighted by Gasteiger charge is 2.16. The number of esters is 1. The van der Waals surface area contributed by atoms with Crippen LogP contribution < -0.4 is 16.0 Å². The van der Waals surface area contributed by atoms with Gasteiger partial charge in [-0.3, -0.25) is 13.9 Å². The van der Waals surface area contributed by atoms with Crippen LogP contribution in [0.1, 0.15) is 0 Å². The Bertz CT molecular complexity index is 1050. The molecule has 0 aliphatic carbocycles. The summed E-state index contributed by atoms with van der Waals surface area (Å²) in [5.74, 6) is -0.235. The number of carbonyl (C=O) groups excluding carboxylic acids is 1. The maximum atomic E-state index is 12.3. The molecule has 1 aromatic carbocycles. The fourth-order valence-corrected chi connectivity index (χ4v) is 2.45. The van der Waals surface area contributed by atoms with Crippen LogP contribution in [0.5, 0.6) is 5.75 Å². The van der Waals surface area contributed by atoms with Crippen molar-refractivity contribution in [1.82, 2.24) is 18.7 Å². The summed E-state index contributed by atoms with van der Waals surface area (Å²) in [6, 6.07) is 6.33. The Morgan fingerprint density at radius 2 is 1.83 bits per heavy atom. The molecule has 2 heterocycles. The molecule has 0 amide bonds. The van der Waals surface area contributed by atoms with Crippen molar-refractivity contribution >= 4 is 28.7 Å². The minimum atomic E-state index is -0.576. The number of imidazole rings is 1. The smallest absolute Gasteiger partial charge is 0.332 e. The van der Waals surface area contributed by atoms with Gasteiger partial charge in [-0.25, -0.2) is 14.6 Å². The summed E-state index contributed by atoms with van der Waals surface area (Å²) in [6.07, 6.45) is 1.33. The summed E-state index contributed by atoms with van der Waals surface area (Å²) < 4.78 is 8.76. The molecule has 0 saturated heterocycles. The van der Waals surface area contributed by atoms with Crippen LogP contribution in [-0.2, 0) is 25.4 Å². The number of rotatable bonds is 3. The third-order valence-electron chi connectivity index (χ3n) is 3.56. The van der Waals surface area contributed by atoms with E-state index in [1.54, 1.807) is 24.3 Å². The first kappa shape index (κ1) is 16.0. The van der Waals surface area contributed by atoms with Crippen molar-refractivity contribution in [2.24, 2.45) is 14.1 Å². The van der Waals surface area contributed by atoms with Crippen LogP contribution in [0.25, 0.3) is 11.2 Å². The molecule has 8 nitrogen and oxygen atoms in total. The van der Waals surface area contributed by atoms with E-state index < -0.39 is 17.2 Å². The molecule has 0 N–H and O–H groups in total. The molecule has 124 valence electrons. The van der Waals surface area contributed by atoms with Crippen molar-refractivity contribution in [2.75, 3.05) is 0 Å². The number of carbonyl (C=O) groups is 1. The minimum absolute atomic E-state index is 0.160. The molecule has 0 atom stereocenters. The molecule has 9 heteroatoms. The molecule has 24 heavy (non-hydrogen) atoms. The minimum Gasteiger partial charge on any atom is -0.425 e. The number of nitrogens with zero attached hydrogens (tertiary/aromatic N) is 4. The van der Waals surface area contributed by atoms with Crippen LogP contribution >= 0.6 is 11.6 Å². The Balaban J connectivity index is 1.93. The normalized spacial score (nSPS) is 11.0. The van der Waals surface area contributed by atoms with E-state index in [0.29, 0.717) is 10.8 Å². The summed E-state index contributed by atoms with van der Waals surface area (Å²) in [6.45, 7) is -0.216. The van der Waals surface area contributed by atoms with Gasteiger partial charge in [0, 0.05) is 19.1 Å². The Kier molecular flexibility index (Phi) is 3.98. The Labute approximate surface area is 140 Å². The second-order valence-electron chi connectivity index (χ2n) is 5.18. The van der Waals surface area contributed by atoms with E-state index in [1.165, 1.54) is 29.6 Å². The first-order valence-corrected chi connectivity index (χ1v) is 7.33. The van der Waals surface area contributed by atoms with Gasteiger partial charge < -0.3 is 9.30 Å². The van der Waals surface area contributed by atoms with Crippen LogP contribution in [0.15, 0.2) is 40.2 Å². The van der Waals surface area contributed by atoms with Gasteiger partial charge in [0.1, 0.15) is 12.3 Å². The third kappa shape index (κ3) is 2.71. The highest BCUT2D eigenvalue weighted by molar-refractivity contribution is 6.30. The van der Waals surface area contributed by atoms with E-state index in [1.807, 2.05) is 0 Å². The van der Waals surface area contributed by atoms with Gasteiger partial charge in [-0.05, 0) is 24.3 Å². The lowest BCUT2D eigenvalue weighted by Gasteiger charge is -2.07. The van der Waals surface area contributed by atoms with Crippen molar-refractivity contribution in [2.45, 2.75) is 6.54 Å². The van der Waals surface area contributed by atoms with Gasteiger partial charge in [0.2, 0.25) is 0 Å². The average Bonchev–Trinajstić information content (AvgIpc) is 2.96. The Morgan fingerprint density at radius 1 is 1.17 bits per heavy atom. The number of hydrogen-bond acceptors (Lipinski definition) is 5. The van der Waals surface area contributed by atoms with Gasteiger partial charge in [0.25, 0.3) is 5.56 Å². The molecule has 3 aromatic rings. The Morgan fingerprint density at radius 3 is 2.50 bits per heavy atom. The van der Waals surface area contributed by atoms with Crippen molar-refractivity contribution < 1.29 is 9.53 Å². The molecule has 0 spiro atoms. The van der Waals surface area contributed by atoms with Gasteiger partial charge in [0.15, 0.2) is 11.2 Å². The van der Waals surface area contributed by atoms with Crippen molar-refractivity contribution in [3.8, 4) is 5.75 Å². The van der Waals surface area contributed by atoms with Crippen molar-refractivity contribution in [3.05, 3.63) is 56.5 Å². The zero-order valence-electron chi connectivity index (χ0n) is 12.9. The molecule has 0 bridgehead atoms. The predicted octanol–water partition coefficient (Wildman–Crippen LogP) is 0.693. The molecule has 3 rings (SSSR count). The maximum Gasteiger partial charge on any atom is 0.332 e. The molecule has 0 fully saturated rings. The van der Waals surface area contributed by atoms with Crippen LogP contribution in [0.3, 0.4) is 0 Å². The van der Waals surface area contributed by atoms with Crippen LogP contribution in [0, 0.1) is 0 Å². The molecule has 0 aliphatic rings. The second-order valence-corrected chi connectivity index (χ2v) is 5.61. The van der Waals surface area contributed by atoms with Crippen LogP contribution in [0.2, 0.25) is 5.02 Å². The number of aromatic nitrogens is 4. The fraction of sp³-hybridized carbons (Fsp3) is 0.200. The quantitative estimate of drug-likeness (QED) is 0.513. The largest absolute Gasteiger partial charge is 0.425 e. The van der Waals surface area contributed by atoms with Crippen LogP contribution in [-0.4, -0.2) is 24.7 Å². The monoisotopic (exact) mass is 348 g/mol. The second kappa shape index (κ2) is 5.97. The third-order valence-corrected chi connectivity index (χ3v) is 3.81. The SMILES string of the molecule is Cn1c(=O)c2c(ncn2CC(=O)Oc2ccc(Cl)cc2)n(C)c1=O. The van der Waals surface area contributed by atoms with Gasteiger partial charge in [-0.2, -0.15) is 0 Å². The number of ether oxygens (including phenoxy) is 1. The highest BCUT2D eigenvalue weighted by atomic mass is 35.5. The van der Waals surface area contributed by atoms with Gasteiger partial charge >= 0.3 is 11.7 Å². The summed E-state index contributed by atoms with van der Waals surface area (Å²) in [4.78, 5) is 40.3. The molecular formula is C15H13ClN4O4. The molecule has 2 aromatic heterocycles. The summed E-state index contributed by atoms with van der Waals surface area (Å²) in [7, 11) is 2.88. The molecule has 0 radical (unpaired) electrons. The summed E-state index contributed by atoms with van der Waals surface area (Å²) in [5, 5.41) is 0.528. The zero-order valence-corrected chi connectivity index (χ0v) is 13.6. The maximum absolute atomic E-state index is 12.3. The van der Waals surface area contributed by atoms with Gasteiger partial charge in [0.05, 0.1) is 6.33 Å². The van der Waals surface area contributed by atoms with Gasteiger partial charge in [-0.1, -0.05) is 11.6 Å². The molecule has 0 unspecified atom stereocenters. The summed E-state index contributed by atoms with van der Waals surface area (Å²) in [5.41, 5.74) is -0.638. The first-order chi connectivity index (χ1) is 11.4. The number of hydrogen-bond donors (Lipinski definition) is 0. The van der Waals surface area contributed by atoms with Crippen molar-refractivity contribution in [1.29, 1.82) is 0 Å². The Hall–Kier alpha value is -2.87. The van der Waals surface area contributed by atoms with Crippen LogP contribution in [0.4, 0.5) is 0 Å². The topological polar surface area (TPSA) is 88.1 Å². The van der Waals surface area contributed by atoms with E-state index >= 15 is 0 Å². The summed E-state index contributed by atoms with van der Waals surface area (Å²) >= 11 is 5.77. The predicted molar refractivity (Wildman–Crippen MR) is 87.3 cm³/mol. The standard InChI is InChI=1S/C15H13ClN4O4/c1-18-13-12(14(22)19(2)15(18)23)20(8-17-13)7-11(21)24-10-5-3-9(16)4-6-10/h3-6,8H,7H2,1-2H3. The number of aryl methyl sites for hydroxylation is 1. The number of halogens is 1. The fourth-order valence-electron chi connectivity index (χ4n) is 2.32. The van der Waals surface area contributed by atoms with E-state index in [2.05, 4.69) is 4.98 Å². The van der Waals surface area contributed by atoms with E-state index in [0.717, 1.165) is 4.57 Å². The first-order valence-electron chi connectivity index (χ1n) is 6.95. The average molecular weight is 349 g/mol. The number of fused-ring (bicyclic) bond motifs is 1. The highest BCUT2D eigenvalue weighted by Crippen LogP contribution is 2.16.